The number of halogens is 3. The van der Waals surface area contributed by atoms with Crippen molar-refractivity contribution in [3.63, 3.8) is 0 Å². The van der Waals surface area contributed by atoms with Gasteiger partial charge in [-0.25, -0.2) is 5.84 Å². The number of H-pyrrole nitrogens is 1. The van der Waals surface area contributed by atoms with Crippen LogP contribution in [0.2, 0.25) is 0 Å². The van der Waals surface area contributed by atoms with Crippen molar-refractivity contribution < 1.29 is 13.2 Å². The maximum atomic E-state index is 12.1. The smallest absolute Gasteiger partial charge is 0.277 e. The van der Waals surface area contributed by atoms with Crippen molar-refractivity contribution in [1.29, 1.82) is 0 Å². The van der Waals surface area contributed by atoms with Gasteiger partial charge in [0.2, 0.25) is 5.82 Å². The molecule has 0 spiro atoms. The standard InChI is InChI=1S/C7H12F3N5.C2H6/c1-4(2)3-15(11)6-12-5(13-14-6)7(8,9)10;1-2/h4H,3,11H2,1-2H3,(H,12,13,14);1-2H3. The molecule has 1 aromatic heterocycles. The minimum absolute atomic E-state index is 0.156. The van der Waals surface area contributed by atoms with Crippen molar-refractivity contribution in [2.75, 3.05) is 11.6 Å². The minimum atomic E-state index is -4.52. The summed E-state index contributed by atoms with van der Waals surface area (Å²) in [6.45, 7) is 8.16. The van der Waals surface area contributed by atoms with Gasteiger partial charge in [-0.2, -0.15) is 18.2 Å². The molecule has 1 heterocycles. The van der Waals surface area contributed by atoms with Crippen LogP contribution < -0.4 is 10.9 Å². The number of aromatic amines is 1. The zero-order valence-electron chi connectivity index (χ0n) is 10.3. The van der Waals surface area contributed by atoms with Gasteiger partial charge in [-0.15, -0.1) is 5.10 Å². The van der Waals surface area contributed by atoms with Crippen LogP contribution in [0, 0.1) is 5.92 Å². The summed E-state index contributed by atoms with van der Waals surface area (Å²) in [4.78, 5) is 3.24. The molecule has 1 aromatic rings. The van der Waals surface area contributed by atoms with Gasteiger partial charge >= 0.3 is 6.18 Å². The molecule has 0 saturated carbocycles. The highest BCUT2D eigenvalue weighted by Crippen LogP contribution is 2.26. The summed E-state index contributed by atoms with van der Waals surface area (Å²) in [5.74, 6) is 4.39. The predicted octanol–water partition coefficient (Wildman–Crippen LogP) is 2.19. The molecule has 0 bridgehead atoms. The molecule has 0 amide bonds. The molecule has 0 aliphatic heterocycles. The van der Waals surface area contributed by atoms with E-state index in [9.17, 15) is 13.2 Å². The van der Waals surface area contributed by atoms with Crippen LogP contribution >= 0.6 is 0 Å². The molecule has 0 unspecified atom stereocenters. The van der Waals surface area contributed by atoms with Gasteiger partial charge in [0.25, 0.3) is 5.95 Å². The minimum Gasteiger partial charge on any atom is -0.277 e. The normalized spacial score (nSPS) is 11.1. The third-order valence-electron chi connectivity index (χ3n) is 1.56. The molecule has 0 fully saturated rings. The third-order valence-corrected chi connectivity index (χ3v) is 1.56. The zero-order chi connectivity index (χ0) is 13.6. The fourth-order valence-corrected chi connectivity index (χ4v) is 0.983. The van der Waals surface area contributed by atoms with Crippen LogP contribution in [0.3, 0.4) is 0 Å². The van der Waals surface area contributed by atoms with Gasteiger partial charge < -0.3 is 0 Å². The second-order valence-electron chi connectivity index (χ2n) is 3.53. The number of nitrogens with one attached hydrogen (secondary N) is 1. The summed E-state index contributed by atoms with van der Waals surface area (Å²) in [6.07, 6.45) is -4.52. The van der Waals surface area contributed by atoms with Gasteiger partial charge in [-0.05, 0) is 5.92 Å². The molecule has 0 aliphatic carbocycles. The molecule has 1 rings (SSSR count). The highest BCUT2D eigenvalue weighted by Gasteiger charge is 2.35. The Hall–Kier alpha value is -1.31. The van der Waals surface area contributed by atoms with Crippen LogP contribution in [-0.4, -0.2) is 21.7 Å². The molecule has 17 heavy (non-hydrogen) atoms. The summed E-state index contributed by atoms with van der Waals surface area (Å²) < 4.78 is 36.4. The van der Waals surface area contributed by atoms with E-state index in [4.69, 9.17) is 5.84 Å². The molecule has 0 aliphatic rings. The van der Waals surface area contributed by atoms with Gasteiger partial charge in [0.05, 0.1) is 0 Å². The Morgan fingerprint density at radius 3 is 2.24 bits per heavy atom. The summed E-state index contributed by atoms with van der Waals surface area (Å²) in [5.41, 5.74) is 0. The molecule has 0 radical (unpaired) electrons. The first-order chi connectivity index (χ1) is 7.80. The van der Waals surface area contributed by atoms with Crippen LogP contribution in [0.5, 0.6) is 0 Å². The Balaban J connectivity index is 0.00000121. The van der Waals surface area contributed by atoms with Gasteiger partial charge in [0, 0.05) is 6.54 Å². The predicted molar refractivity (Wildman–Crippen MR) is 59.1 cm³/mol. The molecule has 3 N–H and O–H groups in total. The van der Waals surface area contributed by atoms with Crippen LogP contribution in [0.1, 0.15) is 33.5 Å². The van der Waals surface area contributed by atoms with Crippen molar-refractivity contribution in [3.05, 3.63) is 5.82 Å². The van der Waals surface area contributed by atoms with E-state index in [1.54, 1.807) is 5.10 Å². The first-order valence-electron chi connectivity index (χ1n) is 5.32. The number of hydrazine groups is 1. The SMILES string of the molecule is CC.CC(C)CN(N)c1n[nH]c(C(F)(F)F)n1. The molecule has 0 saturated heterocycles. The van der Waals surface area contributed by atoms with Crippen LogP contribution in [0.25, 0.3) is 0 Å². The maximum absolute atomic E-state index is 12.1. The number of nitrogens with two attached hydrogens (primary N) is 1. The van der Waals surface area contributed by atoms with Crippen LogP contribution in [-0.2, 0) is 6.18 Å². The lowest BCUT2D eigenvalue weighted by molar-refractivity contribution is -0.144. The van der Waals surface area contributed by atoms with E-state index in [1.165, 1.54) is 0 Å². The van der Waals surface area contributed by atoms with E-state index in [0.29, 0.717) is 6.54 Å². The molecule has 5 nitrogen and oxygen atoms in total. The number of anilines is 1. The number of hydrogen-bond acceptors (Lipinski definition) is 4. The van der Waals surface area contributed by atoms with Gasteiger partial charge in [-0.3, -0.25) is 10.1 Å². The highest BCUT2D eigenvalue weighted by molar-refractivity contribution is 5.25. The Bertz CT molecular complexity index is 321. The number of hydrogen-bond donors (Lipinski definition) is 2. The van der Waals surface area contributed by atoms with E-state index in [-0.39, 0.29) is 11.9 Å². The Morgan fingerprint density at radius 2 is 1.88 bits per heavy atom. The topological polar surface area (TPSA) is 70.8 Å². The van der Waals surface area contributed by atoms with Crippen LogP contribution in [0.4, 0.5) is 19.1 Å². The van der Waals surface area contributed by atoms with E-state index in [1.807, 2.05) is 27.7 Å². The van der Waals surface area contributed by atoms with E-state index < -0.39 is 12.0 Å². The summed E-state index contributed by atoms with van der Waals surface area (Å²) in [6, 6.07) is 0. The average Bonchev–Trinajstić information content (AvgIpc) is 2.67. The van der Waals surface area contributed by atoms with E-state index >= 15 is 0 Å². The maximum Gasteiger partial charge on any atom is 0.451 e. The molecule has 100 valence electrons. The van der Waals surface area contributed by atoms with Crippen molar-refractivity contribution in [1.82, 2.24) is 15.2 Å². The monoisotopic (exact) mass is 253 g/mol. The average molecular weight is 253 g/mol. The third kappa shape index (κ3) is 5.03. The fraction of sp³-hybridized carbons (Fsp3) is 0.778. The Morgan fingerprint density at radius 1 is 1.35 bits per heavy atom. The number of alkyl halides is 3. The molecular formula is C9H18F3N5. The number of nitrogens with zero attached hydrogens (tertiary/aromatic N) is 3. The molecule has 8 heteroatoms. The first kappa shape index (κ1) is 15.7. The summed E-state index contributed by atoms with van der Waals surface area (Å²) in [7, 11) is 0. The molecular weight excluding hydrogens is 235 g/mol. The summed E-state index contributed by atoms with van der Waals surface area (Å²) >= 11 is 0. The van der Waals surface area contributed by atoms with E-state index in [2.05, 4.69) is 10.1 Å². The second kappa shape index (κ2) is 6.43. The zero-order valence-corrected chi connectivity index (χ0v) is 10.3. The molecule has 0 aromatic carbocycles. The van der Waals surface area contributed by atoms with Gasteiger partial charge in [-0.1, -0.05) is 27.7 Å². The van der Waals surface area contributed by atoms with Crippen LogP contribution in [0.15, 0.2) is 0 Å². The van der Waals surface area contributed by atoms with Crippen molar-refractivity contribution in [3.8, 4) is 0 Å². The van der Waals surface area contributed by atoms with Crippen molar-refractivity contribution in [2.24, 2.45) is 11.8 Å². The highest BCUT2D eigenvalue weighted by atomic mass is 19.4. The van der Waals surface area contributed by atoms with Crippen molar-refractivity contribution in [2.45, 2.75) is 33.9 Å². The quantitative estimate of drug-likeness (QED) is 0.640. The lowest BCUT2D eigenvalue weighted by Gasteiger charge is -2.15. The molecule has 0 atom stereocenters. The number of aromatic nitrogens is 3. The Kier molecular flexibility index (Phi) is 5.94. The largest absolute Gasteiger partial charge is 0.451 e. The Labute approximate surface area is 98.2 Å². The van der Waals surface area contributed by atoms with Crippen molar-refractivity contribution >= 4 is 5.95 Å². The van der Waals surface area contributed by atoms with E-state index in [0.717, 1.165) is 5.01 Å². The number of rotatable bonds is 3. The van der Waals surface area contributed by atoms with Gasteiger partial charge in [0.1, 0.15) is 0 Å². The first-order valence-corrected chi connectivity index (χ1v) is 5.32. The fourth-order valence-electron chi connectivity index (χ4n) is 0.983. The second-order valence-corrected chi connectivity index (χ2v) is 3.53. The van der Waals surface area contributed by atoms with Gasteiger partial charge in [0.15, 0.2) is 0 Å². The summed E-state index contributed by atoms with van der Waals surface area (Å²) in [5, 5.41) is 6.25. The lowest BCUT2D eigenvalue weighted by Crippen LogP contribution is -2.35. The lowest BCUT2D eigenvalue weighted by atomic mass is 10.2.